The molecule has 1 N–H and O–H groups in total. The molecule has 1 aliphatic heterocycles. The van der Waals surface area contributed by atoms with Gasteiger partial charge in [-0.25, -0.2) is 0 Å². The lowest BCUT2D eigenvalue weighted by atomic mass is 9.76. The Morgan fingerprint density at radius 3 is 2.87 bits per heavy atom. The minimum absolute atomic E-state index is 0.0112. The molecule has 0 bridgehead atoms. The summed E-state index contributed by atoms with van der Waals surface area (Å²) >= 11 is 6.14. The molecule has 0 unspecified atom stereocenters. The summed E-state index contributed by atoms with van der Waals surface area (Å²) in [5, 5.41) is 10.4. The fraction of sp³-hybridized carbons (Fsp3) is 0.611. The molecule has 1 aromatic carbocycles. The minimum atomic E-state index is -0.120. The van der Waals surface area contributed by atoms with Crippen LogP contribution < -0.4 is 4.74 Å². The van der Waals surface area contributed by atoms with E-state index in [1.165, 1.54) is 12.8 Å². The van der Waals surface area contributed by atoms with E-state index < -0.39 is 0 Å². The maximum atomic E-state index is 12.8. The van der Waals surface area contributed by atoms with Gasteiger partial charge in [0, 0.05) is 24.1 Å². The topological polar surface area (TPSA) is 49.8 Å². The molecule has 0 spiro atoms. The van der Waals surface area contributed by atoms with Crippen molar-refractivity contribution in [3.05, 3.63) is 28.8 Å². The monoisotopic (exact) mass is 337 g/mol. The fourth-order valence-electron chi connectivity index (χ4n) is 3.66. The summed E-state index contributed by atoms with van der Waals surface area (Å²) < 4.78 is 5.14. The molecule has 0 radical (unpaired) electrons. The lowest BCUT2D eigenvalue weighted by Crippen LogP contribution is -2.48. The van der Waals surface area contributed by atoms with Crippen LogP contribution in [0, 0.1) is 11.3 Å². The molecule has 3 rings (SSSR count). The third-order valence-corrected chi connectivity index (χ3v) is 5.40. The largest absolute Gasteiger partial charge is 0.495 e. The Bertz CT molecular complexity index is 588. The fourth-order valence-corrected chi connectivity index (χ4v) is 3.92. The number of likely N-dealkylation sites (tertiary alicyclic amines) is 1. The van der Waals surface area contributed by atoms with E-state index in [-0.39, 0.29) is 17.9 Å². The van der Waals surface area contributed by atoms with Gasteiger partial charge in [-0.15, -0.1) is 0 Å². The predicted octanol–water partition coefficient (Wildman–Crippen LogP) is 3.36. The Labute approximate surface area is 142 Å². The number of hydrogen-bond acceptors (Lipinski definition) is 3. The van der Waals surface area contributed by atoms with Gasteiger partial charge < -0.3 is 14.7 Å². The number of carbonyl (C=O) groups excluding carboxylic acids is 1. The molecule has 4 nitrogen and oxygen atoms in total. The second-order valence-electron chi connectivity index (χ2n) is 6.99. The Morgan fingerprint density at radius 2 is 2.26 bits per heavy atom. The molecule has 0 aromatic heterocycles. The number of ether oxygens (including phenoxy) is 1. The van der Waals surface area contributed by atoms with Gasteiger partial charge in [0.25, 0.3) is 5.91 Å². The van der Waals surface area contributed by atoms with Crippen LogP contribution in [0.5, 0.6) is 5.75 Å². The van der Waals surface area contributed by atoms with Gasteiger partial charge in [-0.1, -0.05) is 24.4 Å². The summed E-state index contributed by atoms with van der Waals surface area (Å²) in [4.78, 5) is 14.7. The maximum absolute atomic E-state index is 12.8. The molecule has 1 aliphatic carbocycles. The highest BCUT2D eigenvalue weighted by Crippen LogP contribution is 2.44. The van der Waals surface area contributed by atoms with E-state index in [9.17, 15) is 9.90 Å². The van der Waals surface area contributed by atoms with Crippen LogP contribution in [-0.4, -0.2) is 42.7 Å². The van der Waals surface area contributed by atoms with Crippen molar-refractivity contribution in [1.29, 1.82) is 0 Å². The van der Waals surface area contributed by atoms with Crippen LogP contribution in [0.25, 0.3) is 0 Å². The van der Waals surface area contributed by atoms with E-state index in [1.807, 2.05) is 4.90 Å². The van der Waals surface area contributed by atoms with Crippen molar-refractivity contribution >= 4 is 17.5 Å². The second kappa shape index (κ2) is 6.70. The van der Waals surface area contributed by atoms with Gasteiger partial charge >= 0.3 is 0 Å². The van der Waals surface area contributed by atoms with Gasteiger partial charge in [-0.05, 0) is 43.4 Å². The first-order valence-corrected chi connectivity index (χ1v) is 8.68. The van der Waals surface area contributed by atoms with Gasteiger partial charge in [0.1, 0.15) is 5.75 Å². The number of hydrogen-bond donors (Lipinski definition) is 1. The Morgan fingerprint density at radius 1 is 1.48 bits per heavy atom. The SMILES string of the molecule is COc1ccc(C(=O)N2CCC[C@](CO)(CC3CC3)C2)cc1Cl. The number of carbonyl (C=O) groups is 1. The number of piperidine rings is 1. The van der Waals surface area contributed by atoms with E-state index >= 15 is 0 Å². The number of benzene rings is 1. The maximum Gasteiger partial charge on any atom is 0.253 e. The number of methoxy groups -OCH3 is 1. The average Bonchev–Trinajstić information content (AvgIpc) is 3.38. The quantitative estimate of drug-likeness (QED) is 0.896. The normalized spacial score (nSPS) is 24.6. The number of nitrogens with zero attached hydrogens (tertiary/aromatic N) is 1. The van der Waals surface area contributed by atoms with Gasteiger partial charge in [0.05, 0.1) is 18.7 Å². The van der Waals surface area contributed by atoms with E-state index in [4.69, 9.17) is 16.3 Å². The second-order valence-corrected chi connectivity index (χ2v) is 7.39. The zero-order valence-corrected chi connectivity index (χ0v) is 14.3. The average molecular weight is 338 g/mol. The molecule has 1 saturated carbocycles. The van der Waals surface area contributed by atoms with Crippen molar-refractivity contribution in [3.63, 3.8) is 0 Å². The first-order valence-electron chi connectivity index (χ1n) is 8.30. The predicted molar refractivity (Wildman–Crippen MR) is 90.0 cm³/mol. The molecule has 1 heterocycles. The smallest absolute Gasteiger partial charge is 0.253 e. The lowest BCUT2D eigenvalue weighted by molar-refractivity contribution is 0.0196. The first kappa shape index (κ1) is 16.6. The summed E-state index contributed by atoms with van der Waals surface area (Å²) in [5.41, 5.74) is 0.460. The van der Waals surface area contributed by atoms with Crippen LogP contribution in [0.15, 0.2) is 18.2 Å². The standard InChI is InChI=1S/C18H24ClNO3/c1-23-16-6-5-14(9-15(16)19)17(22)20-8-2-7-18(11-20,12-21)10-13-3-4-13/h5-6,9,13,21H,2-4,7-8,10-12H2,1H3/t18-/m0/s1. The molecule has 2 aliphatic rings. The molecule has 126 valence electrons. The van der Waals surface area contributed by atoms with Gasteiger partial charge in [0.2, 0.25) is 0 Å². The third-order valence-electron chi connectivity index (χ3n) is 5.10. The Kier molecular flexibility index (Phi) is 4.83. The van der Waals surface area contributed by atoms with Crippen molar-refractivity contribution in [2.75, 3.05) is 26.8 Å². The molecule has 1 saturated heterocycles. The summed E-state index contributed by atoms with van der Waals surface area (Å²) in [6.45, 7) is 1.55. The van der Waals surface area contributed by atoms with Crippen LogP contribution in [0.3, 0.4) is 0 Å². The minimum Gasteiger partial charge on any atom is -0.495 e. The van der Waals surface area contributed by atoms with Crippen LogP contribution in [-0.2, 0) is 0 Å². The Hall–Kier alpha value is -1.26. The highest BCUT2D eigenvalue weighted by atomic mass is 35.5. The van der Waals surface area contributed by atoms with Crippen molar-refractivity contribution in [3.8, 4) is 5.75 Å². The number of rotatable bonds is 5. The number of aliphatic hydroxyl groups is 1. The number of aliphatic hydroxyl groups excluding tert-OH is 1. The zero-order valence-electron chi connectivity index (χ0n) is 13.6. The Balaban J connectivity index is 1.74. The van der Waals surface area contributed by atoms with E-state index in [0.717, 1.165) is 31.7 Å². The molecule has 5 heteroatoms. The number of halogens is 1. The summed E-state index contributed by atoms with van der Waals surface area (Å²) in [6, 6.07) is 5.14. The highest BCUT2D eigenvalue weighted by Gasteiger charge is 2.41. The van der Waals surface area contributed by atoms with Crippen LogP contribution in [0.1, 0.15) is 42.5 Å². The molecular weight excluding hydrogens is 314 g/mol. The van der Waals surface area contributed by atoms with Gasteiger partial charge in [0.15, 0.2) is 0 Å². The molecule has 23 heavy (non-hydrogen) atoms. The van der Waals surface area contributed by atoms with E-state index in [1.54, 1.807) is 25.3 Å². The van der Waals surface area contributed by atoms with Crippen LogP contribution in [0.2, 0.25) is 5.02 Å². The first-order chi connectivity index (χ1) is 11.1. The highest BCUT2D eigenvalue weighted by molar-refractivity contribution is 6.32. The summed E-state index contributed by atoms with van der Waals surface area (Å²) in [6.07, 6.45) is 5.53. The zero-order chi connectivity index (χ0) is 16.4. The molecule has 2 fully saturated rings. The van der Waals surface area contributed by atoms with Crippen molar-refractivity contribution in [2.24, 2.45) is 11.3 Å². The van der Waals surface area contributed by atoms with Gasteiger partial charge in [-0.2, -0.15) is 0 Å². The molecule has 1 atom stereocenters. The van der Waals surface area contributed by atoms with Crippen LogP contribution in [0.4, 0.5) is 0 Å². The van der Waals surface area contributed by atoms with Gasteiger partial charge in [-0.3, -0.25) is 4.79 Å². The summed E-state index contributed by atoms with van der Waals surface area (Å²) in [5.74, 6) is 1.30. The molecule has 1 amide bonds. The number of amides is 1. The lowest BCUT2D eigenvalue weighted by Gasteiger charge is -2.42. The van der Waals surface area contributed by atoms with Crippen molar-refractivity contribution in [1.82, 2.24) is 4.90 Å². The summed E-state index contributed by atoms with van der Waals surface area (Å²) in [7, 11) is 1.56. The van der Waals surface area contributed by atoms with Crippen LogP contribution >= 0.6 is 11.6 Å². The molecular formula is C18H24ClNO3. The third kappa shape index (κ3) is 3.64. The van der Waals surface area contributed by atoms with E-state index in [2.05, 4.69) is 0 Å². The van der Waals surface area contributed by atoms with Crippen molar-refractivity contribution in [2.45, 2.75) is 32.1 Å². The van der Waals surface area contributed by atoms with E-state index in [0.29, 0.717) is 22.9 Å². The molecule has 1 aromatic rings. The van der Waals surface area contributed by atoms with Crippen molar-refractivity contribution < 1.29 is 14.6 Å².